The fraction of sp³-hybridized carbons (Fsp3) is 0.471. The average Bonchev–Trinajstić information content (AvgIpc) is 2.54. The predicted octanol–water partition coefficient (Wildman–Crippen LogP) is 5.20. The van der Waals surface area contributed by atoms with Crippen LogP contribution < -0.4 is 5.32 Å². The summed E-state index contributed by atoms with van der Waals surface area (Å²) in [7, 11) is 0. The highest BCUT2D eigenvalue weighted by Gasteiger charge is 2.35. The molecule has 132 valence electrons. The van der Waals surface area contributed by atoms with Gasteiger partial charge in [-0.15, -0.1) is 6.58 Å². The lowest BCUT2D eigenvalue weighted by molar-refractivity contribution is -0.139. The number of carbonyl (C=O) groups is 1. The van der Waals surface area contributed by atoms with E-state index in [0.717, 1.165) is 44.2 Å². The van der Waals surface area contributed by atoms with Gasteiger partial charge in [-0.2, -0.15) is 13.2 Å². The standard InChI is InChI=1S/C17H20F4N2O/c1-2-11-23(12-7-4-3-5-8-12)16(24)22-14-10-6-9-13(15(14)18)17(19,20)21/h2,6,9-10,12H,1,3-5,7-8,11H2,(H,22,24). The van der Waals surface area contributed by atoms with Gasteiger partial charge >= 0.3 is 12.2 Å². The van der Waals surface area contributed by atoms with E-state index in [1.165, 1.54) is 4.90 Å². The number of nitrogens with one attached hydrogen (secondary N) is 1. The molecule has 1 saturated carbocycles. The lowest BCUT2D eigenvalue weighted by Gasteiger charge is -2.33. The first kappa shape index (κ1) is 18.3. The molecule has 0 unspecified atom stereocenters. The van der Waals surface area contributed by atoms with Crippen LogP contribution in [-0.2, 0) is 6.18 Å². The Kier molecular flexibility index (Phi) is 5.85. The number of benzene rings is 1. The van der Waals surface area contributed by atoms with Gasteiger partial charge in [0.15, 0.2) is 5.82 Å². The number of nitrogens with zero attached hydrogens (tertiary/aromatic N) is 1. The Labute approximate surface area is 138 Å². The lowest BCUT2D eigenvalue weighted by atomic mass is 9.94. The monoisotopic (exact) mass is 344 g/mol. The summed E-state index contributed by atoms with van der Waals surface area (Å²) in [5, 5.41) is 2.27. The molecule has 1 aromatic carbocycles. The van der Waals surface area contributed by atoms with Crippen LogP contribution in [0.25, 0.3) is 0 Å². The topological polar surface area (TPSA) is 32.3 Å². The van der Waals surface area contributed by atoms with E-state index in [0.29, 0.717) is 6.07 Å². The van der Waals surface area contributed by atoms with Crippen molar-refractivity contribution >= 4 is 11.7 Å². The Hall–Kier alpha value is -2.05. The Morgan fingerprint density at radius 2 is 1.96 bits per heavy atom. The predicted molar refractivity (Wildman–Crippen MR) is 84.2 cm³/mol. The number of carbonyl (C=O) groups excluding carboxylic acids is 1. The first-order valence-corrected chi connectivity index (χ1v) is 7.89. The van der Waals surface area contributed by atoms with Gasteiger partial charge in [-0.1, -0.05) is 31.4 Å². The first-order valence-electron chi connectivity index (χ1n) is 7.89. The average molecular weight is 344 g/mol. The molecule has 1 aliphatic rings. The van der Waals surface area contributed by atoms with Crippen LogP contribution in [0.4, 0.5) is 28.0 Å². The van der Waals surface area contributed by atoms with Crippen molar-refractivity contribution in [2.24, 2.45) is 0 Å². The highest BCUT2D eigenvalue weighted by molar-refractivity contribution is 5.90. The van der Waals surface area contributed by atoms with E-state index in [-0.39, 0.29) is 12.6 Å². The summed E-state index contributed by atoms with van der Waals surface area (Å²) in [6.07, 6.45) is 1.47. The van der Waals surface area contributed by atoms with Crippen molar-refractivity contribution < 1.29 is 22.4 Å². The number of anilines is 1. The second-order valence-electron chi connectivity index (χ2n) is 5.83. The third-order valence-electron chi connectivity index (χ3n) is 4.15. The Balaban J connectivity index is 2.19. The summed E-state index contributed by atoms with van der Waals surface area (Å²) in [5.41, 5.74) is -1.87. The molecule has 24 heavy (non-hydrogen) atoms. The zero-order valence-corrected chi connectivity index (χ0v) is 13.2. The summed E-state index contributed by atoms with van der Waals surface area (Å²) in [6, 6.07) is 2.22. The van der Waals surface area contributed by atoms with Crippen molar-refractivity contribution in [2.45, 2.75) is 44.3 Å². The third-order valence-corrected chi connectivity index (χ3v) is 4.15. The van der Waals surface area contributed by atoms with Crippen LogP contribution in [0.2, 0.25) is 0 Å². The van der Waals surface area contributed by atoms with Crippen LogP contribution >= 0.6 is 0 Å². The van der Waals surface area contributed by atoms with Gasteiger partial charge in [0.2, 0.25) is 0 Å². The highest BCUT2D eigenvalue weighted by Crippen LogP contribution is 2.34. The second-order valence-corrected chi connectivity index (χ2v) is 5.83. The molecule has 0 heterocycles. The van der Waals surface area contributed by atoms with Crippen molar-refractivity contribution in [2.75, 3.05) is 11.9 Å². The number of amides is 2. The van der Waals surface area contributed by atoms with Crippen LogP contribution in [0.1, 0.15) is 37.7 Å². The maximum Gasteiger partial charge on any atom is 0.419 e. The third kappa shape index (κ3) is 4.27. The molecule has 0 aliphatic heterocycles. The largest absolute Gasteiger partial charge is 0.419 e. The van der Waals surface area contributed by atoms with Crippen molar-refractivity contribution in [3.8, 4) is 0 Å². The van der Waals surface area contributed by atoms with E-state index in [1.807, 2.05) is 0 Å². The molecule has 0 radical (unpaired) electrons. The van der Waals surface area contributed by atoms with Crippen LogP contribution in [0.3, 0.4) is 0 Å². The van der Waals surface area contributed by atoms with Crippen molar-refractivity contribution in [1.29, 1.82) is 0 Å². The van der Waals surface area contributed by atoms with Crippen molar-refractivity contribution in [3.63, 3.8) is 0 Å². The molecule has 0 saturated heterocycles. The van der Waals surface area contributed by atoms with Gasteiger partial charge in [0.25, 0.3) is 0 Å². The summed E-state index contributed by atoms with van der Waals surface area (Å²) in [5.74, 6) is -1.47. The molecule has 1 aliphatic carbocycles. The van der Waals surface area contributed by atoms with E-state index < -0.39 is 29.3 Å². The van der Waals surface area contributed by atoms with E-state index in [4.69, 9.17) is 0 Å². The minimum atomic E-state index is -4.81. The van der Waals surface area contributed by atoms with Crippen molar-refractivity contribution in [1.82, 2.24) is 4.90 Å². The molecule has 1 N–H and O–H groups in total. The molecule has 0 atom stereocenters. The number of hydrogen-bond donors (Lipinski definition) is 1. The molecule has 7 heteroatoms. The fourth-order valence-corrected chi connectivity index (χ4v) is 2.96. The van der Waals surface area contributed by atoms with E-state index >= 15 is 0 Å². The summed E-state index contributed by atoms with van der Waals surface area (Å²) in [6.45, 7) is 3.87. The SMILES string of the molecule is C=CCN(C(=O)Nc1cccc(C(F)(F)F)c1F)C1CCCCC1. The van der Waals surface area contributed by atoms with Crippen LogP contribution in [-0.4, -0.2) is 23.5 Å². The molecule has 0 aromatic heterocycles. The maximum atomic E-state index is 14.0. The molecule has 2 rings (SSSR count). The number of rotatable bonds is 4. The molecule has 0 bridgehead atoms. The van der Waals surface area contributed by atoms with Gasteiger partial charge in [-0.3, -0.25) is 0 Å². The zero-order chi connectivity index (χ0) is 17.7. The molecule has 3 nitrogen and oxygen atoms in total. The van der Waals surface area contributed by atoms with Gasteiger partial charge in [0.05, 0.1) is 11.3 Å². The number of alkyl halides is 3. The first-order chi connectivity index (χ1) is 11.3. The Morgan fingerprint density at radius 3 is 2.54 bits per heavy atom. The molecule has 1 fully saturated rings. The van der Waals surface area contributed by atoms with Gasteiger partial charge in [-0.05, 0) is 25.0 Å². The summed E-state index contributed by atoms with van der Waals surface area (Å²) >= 11 is 0. The van der Waals surface area contributed by atoms with Gasteiger partial charge < -0.3 is 10.2 Å². The lowest BCUT2D eigenvalue weighted by Crippen LogP contribution is -2.44. The normalized spacial score (nSPS) is 15.8. The number of halogens is 4. The molecule has 2 amide bonds. The van der Waals surface area contributed by atoms with Crippen LogP contribution in [0.15, 0.2) is 30.9 Å². The Bertz CT molecular complexity index is 595. The summed E-state index contributed by atoms with van der Waals surface area (Å²) in [4.78, 5) is 13.9. The quantitative estimate of drug-likeness (QED) is 0.591. The minimum absolute atomic E-state index is 0.00869. The smallest absolute Gasteiger partial charge is 0.318 e. The Morgan fingerprint density at radius 1 is 1.29 bits per heavy atom. The minimum Gasteiger partial charge on any atom is -0.318 e. The second kappa shape index (κ2) is 7.68. The van der Waals surface area contributed by atoms with E-state index in [9.17, 15) is 22.4 Å². The van der Waals surface area contributed by atoms with Gasteiger partial charge in [-0.25, -0.2) is 9.18 Å². The molecule has 1 aromatic rings. The number of hydrogen-bond acceptors (Lipinski definition) is 1. The molecular weight excluding hydrogens is 324 g/mol. The van der Waals surface area contributed by atoms with Crippen molar-refractivity contribution in [3.05, 3.63) is 42.2 Å². The van der Waals surface area contributed by atoms with E-state index in [2.05, 4.69) is 11.9 Å². The zero-order valence-electron chi connectivity index (χ0n) is 13.2. The highest BCUT2D eigenvalue weighted by atomic mass is 19.4. The fourth-order valence-electron chi connectivity index (χ4n) is 2.96. The number of urea groups is 1. The van der Waals surface area contributed by atoms with Gasteiger partial charge in [0.1, 0.15) is 0 Å². The van der Waals surface area contributed by atoms with Crippen LogP contribution in [0.5, 0.6) is 0 Å². The van der Waals surface area contributed by atoms with E-state index in [1.54, 1.807) is 6.08 Å². The molecule has 0 spiro atoms. The summed E-state index contributed by atoms with van der Waals surface area (Å²) < 4.78 is 52.3. The molecular formula is C17H20F4N2O. The maximum absolute atomic E-state index is 14.0. The van der Waals surface area contributed by atoms with Gasteiger partial charge in [0, 0.05) is 12.6 Å². The van der Waals surface area contributed by atoms with Crippen LogP contribution in [0, 0.1) is 5.82 Å².